The summed E-state index contributed by atoms with van der Waals surface area (Å²) >= 11 is 1.69. The molecule has 0 aliphatic heterocycles. The van der Waals surface area contributed by atoms with E-state index in [-0.39, 0.29) is 18.2 Å². The van der Waals surface area contributed by atoms with E-state index in [1.807, 2.05) is 6.26 Å². The number of rotatable bonds is 5. The number of hydrogen-bond donors (Lipinski definition) is 1. The van der Waals surface area contributed by atoms with Gasteiger partial charge in [0.25, 0.3) is 5.56 Å². The molecule has 0 saturated heterocycles. The van der Waals surface area contributed by atoms with E-state index in [0.717, 1.165) is 12.2 Å². The van der Waals surface area contributed by atoms with Gasteiger partial charge in [0, 0.05) is 6.20 Å². The molecule has 0 aliphatic rings. The average molecular weight is 265 g/mol. The van der Waals surface area contributed by atoms with Crippen LogP contribution < -0.4 is 5.56 Å². The minimum absolute atomic E-state index is 0.0616. The normalized spacial score (nSPS) is 12.8. The molecule has 0 spiro atoms. The van der Waals surface area contributed by atoms with Crippen LogP contribution in [0.5, 0.6) is 0 Å². The summed E-state index contributed by atoms with van der Waals surface area (Å²) in [7, 11) is 0. The van der Waals surface area contributed by atoms with Crippen molar-refractivity contribution in [1.29, 1.82) is 0 Å². The van der Waals surface area contributed by atoms with E-state index in [1.165, 1.54) is 10.9 Å². The molecule has 2 rings (SSSR count). The molecule has 6 heteroatoms. The monoisotopic (exact) mass is 265 g/mol. The number of hydrogen-bond acceptors (Lipinski definition) is 5. The Morgan fingerprint density at radius 1 is 1.50 bits per heavy atom. The lowest BCUT2D eigenvalue weighted by Gasteiger charge is -2.16. The van der Waals surface area contributed by atoms with E-state index in [1.54, 1.807) is 30.1 Å². The van der Waals surface area contributed by atoms with Gasteiger partial charge in [-0.1, -0.05) is 0 Å². The molecule has 96 valence electrons. The molecule has 18 heavy (non-hydrogen) atoms. The molecule has 2 aromatic heterocycles. The highest BCUT2D eigenvalue weighted by Gasteiger charge is 2.13. The first-order valence-electron chi connectivity index (χ1n) is 5.69. The minimum atomic E-state index is -0.220. The predicted molar refractivity (Wildman–Crippen MR) is 72.9 cm³/mol. The first-order chi connectivity index (χ1) is 8.77. The lowest BCUT2D eigenvalue weighted by molar-refractivity contribution is 0.222. The molecule has 0 amide bonds. The van der Waals surface area contributed by atoms with E-state index < -0.39 is 0 Å². The highest BCUT2D eigenvalue weighted by molar-refractivity contribution is 7.98. The van der Waals surface area contributed by atoms with Gasteiger partial charge in [-0.2, -0.15) is 11.8 Å². The fraction of sp³-hybridized carbons (Fsp3) is 0.417. The molecule has 2 heterocycles. The fourth-order valence-corrected chi connectivity index (χ4v) is 2.32. The van der Waals surface area contributed by atoms with Gasteiger partial charge in [0.2, 0.25) is 0 Å². The zero-order chi connectivity index (χ0) is 13.0. The van der Waals surface area contributed by atoms with E-state index in [2.05, 4.69) is 9.97 Å². The van der Waals surface area contributed by atoms with Crippen LogP contribution in [0, 0.1) is 0 Å². The predicted octanol–water partition coefficient (Wildman–Crippen LogP) is 1.08. The van der Waals surface area contributed by atoms with Crippen molar-refractivity contribution < 1.29 is 5.11 Å². The molecule has 0 unspecified atom stereocenters. The van der Waals surface area contributed by atoms with Gasteiger partial charge in [0.15, 0.2) is 5.65 Å². The lowest BCUT2D eigenvalue weighted by Crippen LogP contribution is -2.28. The Hall–Kier alpha value is -1.40. The van der Waals surface area contributed by atoms with Crippen molar-refractivity contribution in [3.63, 3.8) is 0 Å². The fourth-order valence-electron chi connectivity index (χ4n) is 1.81. The summed E-state index contributed by atoms with van der Waals surface area (Å²) in [6.45, 7) is -0.0616. The number of fused-ring (bicyclic) bond motifs is 1. The van der Waals surface area contributed by atoms with Crippen LogP contribution >= 0.6 is 11.8 Å². The molecule has 0 aliphatic carbocycles. The third kappa shape index (κ3) is 2.54. The van der Waals surface area contributed by atoms with Crippen molar-refractivity contribution in [2.75, 3.05) is 18.6 Å². The molecule has 1 atom stereocenters. The maximum atomic E-state index is 12.3. The first-order valence-corrected chi connectivity index (χ1v) is 7.09. The Labute approximate surface area is 109 Å². The number of nitrogens with zero attached hydrogens (tertiary/aromatic N) is 3. The van der Waals surface area contributed by atoms with Gasteiger partial charge in [-0.05, 0) is 30.6 Å². The molecule has 0 aromatic carbocycles. The number of thioether (sulfide) groups is 1. The molecule has 0 bridgehead atoms. The van der Waals surface area contributed by atoms with Gasteiger partial charge in [-0.15, -0.1) is 0 Å². The highest BCUT2D eigenvalue weighted by atomic mass is 32.2. The molecule has 1 N–H and O–H groups in total. The van der Waals surface area contributed by atoms with Crippen LogP contribution in [0.15, 0.2) is 29.5 Å². The number of aliphatic hydroxyl groups is 1. The largest absolute Gasteiger partial charge is 0.394 e. The van der Waals surface area contributed by atoms with Gasteiger partial charge >= 0.3 is 0 Å². The zero-order valence-corrected chi connectivity index (χ0v) is 10.9. The second-order valence-corrected chi connectivity index (χ2v) is 4.94. The summed E-state index contributed by atoms with van der Waals surface area (Å²) < 4.78 is 1.50. The lowest BCUT2D eigenvalue weighted by atomic mass is 10.2. The Morgan fingerprint density at radius 3 is 3.06 bits per heavy atom. The van der Waals surface area contributed by atoms with E-state index in [0.29, 0.717) is 11.0 Å². The molecule has 5 nitrogen and oxygen atoms in total. The van der Waals surface area contributed by atoms with Gasteiger partial charge in [0.05, 0.1) is 18.0 Å². The molecule has 2 aromatic rings. The van der Waals surface area contributed by atoms with E-state index in [9.17, 15) is 9.90 Å². The van der Waals surface area contributed by atoms with Gasteiger partial charge in [-0.3, -0.25) is 9.36 Å². The molecule has 0 fully saturated rings. The summed E-state index contributed by atoms with van der Waals surface area (Å²) in [5.74, 6) is 0.892. The Balaban J connectivity index is 2.44. The average Bonchev–Trinajstić information content (AvgIpc) is 2.42. The van der Waals surface area contributed by atoms with Crippen molar-refractivity contribution in [1.82, 2.24) is 14.5 Å². The second kappa shape index (κ2) is 5.97. The van der Waals surface area contributed by atoms with E-state index >= 15 is 0 Å². The maximum absolute atomic E-state index is 12.3. The minimum Gasteiger partial charge on any atom is -0.394 e. The summed E-state index contributed by atoms with van der Waals surface area (Å²) in [4.78, 5) is 20.4. The van der Waals surface area contributed by atoms with Gasteiger partial charge < -0.3 is 5.11 Å². The third-order valence-corrected chi connectivity index (χ3v) is 3.46. The van der Waals surface area contributed by atoms with Crippen LogP contribution in [-0.4, -0.2) is 38.3 Å². The Kier molecular flexibility index (Phi) is 4.33. The number of pyridine rings is 1. The topological polar surface area (TPSA) is 68.0 Å². The summed E-state index contributed by atoms with van der Waals surface area (Å²) in [6.07, 6.45) is 5.82. The molecular formula is C12H15N3O2S. The maximum Gasteiger partial charge on any atom is 0.263 e. The zero-order valence-electron chi connectivity index (χ0n) is 10.1. The van der Waals surface area contributed by atoms with Crippen molar-refractivity contribution in [2.24, 2.45) is 0 Å². The van der Waals surface area contributed by atoms with E-state index in [4.69, 9.17) is 0 Å². The van der Waals surface area contributed by atoms with Crippen molar-refractivity contribution in [3.8, 4) is 0 Å². The van der Waals surface area contributed by atoms with Crippen LogP contribution in [0.2, 0.25) is 0 Å². The quantitative estimate of drug-likeness (QED) is 0.876. The highest BCUT2D eigenvalue weighted by Crippen LogP contribution is 2.12. The molecular weight excluding hydrogens is 250 g/mol. The van der Waals surface area contributed by atoms with Gasteiger partial charge in [-0.25, -0.2) is 9.97 Å². The Bertz CT molecular complexity index is 585. The van der Waals surface area contributed by atoms with Gasteiger partial charge in [0.1, 0.15) is 6.33 Å². The summed E-state index contributed by atoms with van der Waals surface area (Å²) in [5, 5.41) is 9.88. The third-order valence-electron chi connectivity index (χ3n) is 2.82. The van der Waals surface area contributed by atoms with Crippen LogP contribution in [0.25, 0.3) is 11.0 Å². The smallest absolute Gasteiger partial charge is 0.263 e. The molecule has 0 saturated carbocycles. The Morgan fingerprint density at radius 2 is 2.33 bits per heavy atom. The number of aromatic nitrogens is 3. The van der Waals surface area contributed by atoms with Crippen molar-refractivity contribution >= 4 is 22.8 Å². The van der Waals surface area contributed by atoms with Crippen LogP contribution in [0.3, 0.4) is 0 Å². The van der Waals surface area contributed by atoms with Crippen molar-refractivity contribution in [3.05, 3.63) is 35.0 Å². The summed E-state index contributed by atoms with van der Waals surface area (Å²) in [6, 6.07) is 3.20. The summed E-state index contributed by atoms with van der Waals surface area (Å²) in [5.41, 5.74) is 0.300. The SMILES string of the molecule is CSCC[C@@H](CO)n1cnc2ncccc2c1=O. The van der Waals surface area contributed by atoms with Crippen LogP contribution in [-0.2, 0) is 0 Å². The van der Waals surface area contributed by atoms with Crippen molar-refractivity contribution in [2.45, 2.75) is 12.5 Å². The number of aliphatic hydroxyl groups excluding tert-OH is 1. The van der Waals surface area contributed by atoms with Crippen LogP contribution in [0.1, 0.15) is 12.5 Å². The standard InChI is InChI=1S/C12H15N3O2S/c1-18-6-4-9(7-16)15-8-14-11-10(12(15)17)3-2-5-13-11/h2-3,5,8-9,16H,4,6-7H2,1H3/t9-/m0/s1. The molecule has 0 radical (unpaired) electrons. The van der Waals surface area contributed by atoms with Crippen LogP contribution in [0.4, 0.5) is 0 Å². The first kappa shape index (κ1) is 13.0. The second-order valence-electron chi connectivity index (χ2n) is 3.95.